The first kappa shape index (κ1) is 19.1. The monoisotopic (exact) mass is 325 g/mol. The summed E-state index contributed by atoms with van der Waals surface area (Å²) in [4.78, 5) is 32.6. The van der Waals surface area contributed by atoms with Crippen molar-refractivity contribution in [3.63, 3.8) is 0 Å². The van der Waals surface area contributed by atoms with Crippen LogP contribution in [0.4, 0.5) is 4.79 Å². The summed E-state index contributed by atoms with van der Waals surface area (Å²) >= 11 is 0. The van der Waals surface area contributed by atoms with Crippen LogP contribution in [0, 0.1) is 0 Å². The Balaban J connectivity index is 4.27. The summed E-state index contributed by atoms with van der Waals surface area (Å²) in [6.45, 7) is -0.197. The molecule has 21 heavy (non-hydrogen) atoms. The Bertz CT molecular complexity index is 489. The Morgan fingerprint density at radius 1 is 1.19 bits per heavy atom. The van der Waals surface area contributed by atoms with E-state index >= 15 is 0 Å². The van der Waals surface area contributed by atoms with Gasteiger partial charge in [-0.3, -0.25) is 4.79 Å². The smallest absolute Gasteiger partial charge is 0.326 e. The van der Waals surface area contributed by atoms with Crippen LogP contribution >= 0.6 is 0 Å². The number of carbonyl (C=O) groups is 3. The van der Waals surface area contributed by atoms with Gasteiger partial charge in [-0.15, -0.1) is 0 Å². The van der Waals surface area contributed by atoms with Gasteiger partial charge >= 0.3 is 18.0 Å². The lowest BCUT2D eigenvalue weighted by atomic mass is 10.1. The van der Waals surface area contributed by atoms with Crippen molar-refractivity contribution in [3.8, 4) is 0 Å². The Hall–Kier alpha value is -1.88. The maximum Gasteiger partial charge on any atom is 0.326 e. The minimum absolute atomic E-state index is 0.197. The molecule has 0 aliphatic heterocycles. The van der Waals surface area contributed by atoms with E-state index in [1.165, 1.54) is 14.1 Å². The van der Waals surface area contributed by atoms with E-state index in [1.807, 2.05) is 0 Å². The minimum Gasteiger partial charge on any atom is -0.481 e. The molecule has 0 bridgehead atoms. The van der Waals surface area contributed by atoms with Crippen LogP contribution in [0.5, 0.6) is 0 Å². The van der Waals surface area contributed by atoms with Crippen LogP contribution in [0.15, 0.2) is 0 Å². The van der Waals surface area contributed by atoms with Crippen LogP contribution in [0.2, 0.25) is 0 Å². The third kappa shape index (κ3) is 8.09. The highest BCUT2D eigenvalue weighted by Gasteiger charge is 2.21. The predicted octanol–water partition coefficient (Wildman–Crippen LogP) is -1.50. The van der Waals surface area contributed by atoms with Crippen molar-refractivity contribution in [3.05, 3.63) is 0 Å². The lowest BCUT2D eigenvalue weighted by molar-refractivity contribution is -0.140. The van der Waals surface area contributed by atoms with E-state index in [2.05, 4.69) is 10.6 Å². The van der Waals surface area contributed by atoms with Crippen molar-refractivity contribution in [2.75, 3.05) is 26.4 Å². The first-order chi connectivity index (χ1) is 9.56. The molecule has 11 heteroatoms. The summed E-state index contributed by atoms with van der Waals surface area (Å²) in [6, 6.07) is -2.23. The van der Waals surface area contributed by atoms with Crippen LogP contribution in [0.3, 0.4) is 0 Å². The van der Waals surface area contributed by atoms with Crippen LogP contribution in [0.25, 0.3) is 0 Å². The number of urea groups is 1. The molecule has 0 spiro atoms. The van der Waals surface area contributed by atoms with Gasteiger partial charge in [0.2, 0.25) is 10.0 Å². The average molecular weight is 325 g/mol. The molecule has 0 rings (SSSR count). The SMILES string of the molecule is CN(C)S(=O)(=O)CCNC(=O)NC(CCC(=O)O)C(=O)O. The molecule has 0 aliphatic rings. The first-order valence-corrected chi connectivity index (χ1v) is 7.56. The van der Waals surface area contributed by atoms with Gasteiger partial charge in [0, 0.05) is 27.1 Å². The number of carbonyl (C=O) groups excluding carboxylic acids is 1. The molecular formula is C10H19N3O7S. The van der Waals surface area contributed by atoms with Crippen molar-refractivity contribution in [2.24, 2.45) is 0 Å². The lowest BCUT2D eigenvalue weighted by Crippen LogP contribution is -2.47. The molecule has 0 aliphatic carbocycles. The van der Waals surface area contributed by atoms with E-state index in [1.54, 1.807) is 0 Å². The van der Waals surface area contributed by atoms with E-state index in [9.17, 15) is 22.8 Å². The number of carboxylic acid groups (broad SMARTS) is 2. The summed E-state index contributed by atoms with van der Waals surface area (Å²) in [5.41, 5.74) is 0. The number of aliphatic carboxylic acids is 2. The van der Waals surface area contributed by atoms with E-state index in [0.717, 1.165) is 4.31 Å². The normalized spacial score (nSPS) is 12.7. The summed E-state index contributed by atoms with van der Waals surface area (Å²) in [5.74, 6) is -2.88. The fourth-order valence-electron chi connectivity index (χ4n) is 1.21. The fourth-order valence-corrected chi connectivity index (χ4v) is 1.94. The average Bonchev–Trinajstić information content (AvgIpc) is 2.33. The molecule has 0 saturated heterocycles. The molecule has 1 unspecified atom stereocenters. The van der Waals surface area contributed by atoms with Gasteiger partial charge in [0.1, 0.15) is 6.04 Å². The highest BCUT2D eigenvalue weighted by Crippen LogP contribution is 1.98. The van der Waals surface area contributed by atoms with Gasteiger partial charge in [-0.25, -0.2) is 22.3 Å². The zero-order valence-corrected chi connectivity index (χ0v) is 12.5. The van der Waals surface area contributed by atoms with Gasteiger partial charge in [-0.2, -0.15) is 0 Å². The molecule has 1 atom stereocenters. The molecule has 2 amide bonds. The van der Waals surface area contributed by atoms with Crippen molar-refractivity contribution in [2.45, 2.75) is 18.9 Å². The number of nitrogens with zero attached hydrogens (tertiary/aromatic N) is 1. The first-order valence-electron chi connectivity index (χ1n) is 5.95. The predicted molar refractivity (Wildman–Crippen MR) is 72.3 cm³/mol. The third-order valence-corrected chi connectivity index (χ3v) is 4.28. The largest absolute Gasteiger partial charge is 0.481 e. The molecule has 0 aromatic carbocycles. The lowest BCUT2D eigenvalue weighted by Gasteiger charge is -2.15. The van der Waals surface area contributed by atoms with Crippen molar-refractivity contribution >= 4 is 28.0 Å². The van der Waals surface area contributed by atoms with Crippen LogP contribution < -0.4 is 10.6 Å². The Kier molecular flexibility index (Phi) is 7.66. The minimum atomic E-state index is -3.46. The standard InChI is InChI=1S/C10H19N3O7S/c1-13(2)21(19,20)6-5-11-10(18)12-7(9(16)17)3-4-8(14)15/h7H,3-6H2,1-2H3,(H,14,15)(H,16,17)(H2,11,12,18). The molecular weight excluding hydrogens is 306 g/mol. The molecule has 4 N–H and O–H groups in total. The number of rotatable bonds is 9. The number of amides is 2. The summed E-state index contributed by atoms with van der Waals surface area (Å²) in [5, 5.41) is 21.6. The van der Waals surface area contributed by atoms with Gasteiger partial charge in [0.15, 0.2) is 0 Å². The Morgan fingerprint density at radius 3 is 2.19 bits per heavy atom. The van der Waals surface area contributed by atoms with Crippen LogP contribution in [-0.2, 0) is 19.6 Å². The fraction of sp³-hybridized carbons (Fsp3) is 0.700. The summed E-state index contributed by atoms with van der Waals surface area (Å²) in [6.07, 6.45) is -0.680. The van der Waals surface area contributed by atoms with Crippen LogP contribution in [-0.4, -0.2) is 73.3 Å². The molecule has 0 aromatic rings. The Labute approximate surface area is 122 Å². The van der Waals surface area contributed by atoms with Crippen LogP contribution in [0.1, 0.15) is 12.8 Å². The zero-order valence-electron chi connectivity index (χ0n) is 11.7. The molecule has 0 saturated carbocycles. The summed E-state index contributed by atoms with van der Waals surface area (Å²) < 4.78 is 23.8. The van der Waals surface area contributed by atoms with Crippen molar-refractivity contribution < 1.29 is 33.0 Å². The maximum atomic E-state index is 11.4. The van der Waals surface area contributed by atoms with Gasteiger partial charge in [-0.05, 0) is 6.42 Å². The third-order valence-electron chi connectivity index (χ3n) is 2.45. The second-order valence-corrected chi connectivity index (χ2v) is 6.62. The second-order valence-electron chi connectivity index (χ2n) is 4.32. The molecule has 0 fully saturated rings. The van der Waals surface area contributed by atoms with E-state index < -0.39 is 40.5 Å². The number of hydrogen-bond donors (Lipinski definition) is 4. The van der Waals surface area contributed by atoms with Gasteiger partial charge in [0.25, 0.3) is 0 Å². The molecule has 122 valence electrons. The van der Waals surface area contributed by atoms with E-state index in [-0.39, 0.29) is 18.7 Å². The number of sulfonamides is 1. The second kappa shape index (κ2) is 8.42. The molecule has 0 radical (unpaired) electrons. The Morgan fingerprint density at radius 2 is 1.76 bits per heavy atom. The van der Waals surface area contributed by atoms with Crippen molar-refractivity contribution in [1.29, 1.82) is 0 Å². The number of nitrogens with one attached hydrogen (secondary N) is 2. The zero-order chi connectivity index (χ0) is 16.6. The van der Waals surface area contributed by atoms with E-state index in [4.69, 9.17) is 10.2 Å². The summed E-state index contributed by atoms with van der Waals surface area (Å²) in [7, 11) is -0.765. The van der Waals surface area contributed by atoms with Gasteiger partial charge in [0.05, 0.1) is 5.75 Å². The highest BCUT2D eigenvalue weighted by atomic mass is 32.2. The molecule has 0 heterocycles. The molecule has 10 nitrogen and oxygen atoms in total. The number of carboxylic acids is 2. The van der Waals surface area contributed by atoms with Gasteiger partial charge < -0.3 is 20.8 Å². The quantitative estimate of drug-likeness (QED) is 0.402. The van der Waals surface area contributed by atoms with Gasteiger partial charge in [-0.1, -0.05) is 0 Å². The highest BCUT2D eigenvalue weighted by molar-refractivity contribution is 7.89. The van der Waals surface area contributed by atoms with E-state index in [0.29, 0.717) is 0 Å². The maximum absolute atomic E-state index is 11.4. The topological polar surface area (TPSA) is 153 Å². The van der Waals surface area contributed by atoms with Crippen molar-refractivity contribution in [1.82, 2.24) is 14.9 Å². The molecule has 0 aromatic heterocycles. The number of hydrogen-bond acceptors (Lipinski definition) is 5.